The van der Waals surface area contributed by atoms with Gasteiger partial charge in [0, 0.05) is 13.0 Å². The molecule has 0 atom stereocenters. The van der Waals surface area contributed by atoms with E-state index in [0.29, 0.717) is 0 Å². The van der Waals surface area contributed by atoms with Crippen molar-refractivity contribution in [3.8, 4) is 0 Å². The van der Waals surface area contributed by atoms with Gasteiger partial charge >= 0.3 is 0 Å². The van der Waals surface area contributed by atoms with Gasteiger partial charge in [-0.15, -0.1) is 0 Å². The second kappa shape index (κ2) is 5.17. The first kappa shape index (κ1) is 13.6. The van der Waals surface area contributed by atoms with Gasteiger partial charge in [0.1, 0.15) is 0 Å². The summed E-state index contributed by atoms with van der Waals surface area (Å²) in [5.41, 5.74) is 3.73. The Morgan fingerprint density at radius 2 is 1.90 bits per heavy atom. The number of aromatic nitrogens is 1. The summed E-state index contributed by atoms with van der Waals surface area (Å²) in [4.78, 5) is 17.4. The Bertz CT molecular complexity index is 733. The van der Waals surface area contributed by atoms with Gasteiger partial charge in [0.05, 0.1) is 10.2 Å². The van der Waals surface area contributed by atoms with Gasteiger partial charge in [-0.1, -0.05) is 24.2 Å². The second-order valence-corrected chi connectivity index (χ2v) is 6.79. The highest BCUT2D eigenvalue weighted by Gasteiger charge is 2.22. The van der Waals surface area contributed by atoms with Gasteiger partial charge in [0.15, 0.2) is 4.80 Å². The highest BCUT2D eigenvalue weighted by atomic mass is 32.1. The normalized spacial score (nSPS) is 17.2. The molecule has 3 nitrogen and oxygen atoms in total. The van der Waals surface area contributed by atoms with Crippen LogP contribution in [0.2, 0.25) is 0 Å². The Hall–Kier alpha value is -1.42. The summed E-state index contributed by atoms with van der Waals surface area (Å²) in [7, 11) is 1.99. The number of aryl methyl sites for hydroxylation is 3. The summed E-state index contributed by atoms with van der Waals surface area (Å²) in [6, 6.07) is 4.37. The number of carbonyl (C=O) groups is 1. The molecule has 0 radical (unpaired) electrons. The number of amides is 1. The van der Waals surface area contributed by atoms with Gasteiger partial charge in [0.2, 0.25) is 0 Å². The van der Waals surface area contributed by atoms with Crippen molar-refractivity contribution in [3.05, 3.63) is 28.1 Å². The van der Waals surface area contributed by atoms with E-state index in [1.807, 2.05) is 11.6 Å². The predicted octanol–water partition coefficient (Wildman–Crippen LogP) is 3.47. The molecule has 4 heteroatoms. The summed E-state index contributed by atoms with van der Waals surface area (Å²) in [6.45, 7) is 4.24. The monoisotopic (exact) mass is 288 g/mol. The molecular weight excluding hydrogens is 268 g/mol. The molecule has 1 heterocycles. The summed E-state index contributed by atoms with van der Waals surface area (Å²) >= 11 is 1.61. The van der Waals surface area contributed by atoms with Crippen LogP contribution in [0.25, 0.3) is 10.2 Å². The Labute approximate surface area is 123 Å². The molecule has 1 aliphatic carbocycles. The SMILES string of the molecule is Cc1cc2sc(=NC(=O)C3CCCC3)n(C)c2cc1C. The lowest BCUT2D eigenvalue weighted by atomic mass is 10.1. The lowest BCUT2D eigenvalue weighted by molar-refractivity contribution is -0.121. The number of nitrogens with zero attached hydrogens (tertiary/aromatic N) is 2. The third kappa shape index (κ3) is 2.33. The van der Waals surface area contributed by atoms with Crippen LogP contribution < -0.4 is 4.80 Å². The third-order valence-corrected chi connectivity index (χ3v) is 5.43. The second-order valence-electron chi connectivity index (χ2n) is 5.78. The van der Waals surface area contributed by atoms with E-state index in [4.69, 9.17) is 0 Å². The number of fused-ring (bicyclic) bond motifs is 1. The van der Waals surface area contributed by atoms with Gasteiger partial charge in [-0.05, 0) is 49.9 Å². The third-order valence-electron chi connectivity index (χ3n) is 4.34. The maximum Gasteiger partial charge on any atom is 0.251 e. The van der Waals surface area contributed by atoms with E-state index in [1.54, 1.807) is 11.3 Å². The van der Waals surface area contributed by atoms with E-state index in [2.05, 4.69) is 31.0 Å². The molecule has 20 heavy (non-hydrogen) atoms. The molecule has 3 rings (SSSR count). The molecule has 2 aromatic rings. The maximum atomic E-state index is 12.2. The Morgan fingerprint density at radius 3 is 2.60 bits per heavy atom. The highest BCUT2D eigenvalue weighted by molar-refractivity contribution is 7.16. The average Bonchev–Trinajstić information content (AvgIpc) is 3.02. The molecule has 0 bridgehead atoms. The quantitative estimate of drug-likeness (QED) is 0.791. The Balaban J connectivity index is 2.07. The van der Waals surface area contributed by atoms with E-state index in [9.17, 15) is 4.79 Å². The van der Waals surface area contributed by atoms with Crippen molar-refractivity contribution in [3.63, 3.8) is 0 Å². The van der Waals surface area contributed by atoms with Crippen LogP contribution in [-0.2, 0) is 11.8 Å². The lowest BCUT2D eigenvalue weighted by Crippen LogP contribution is -2.17. The van der Waals surface area contributed by atoms with Crippen molar-refractivity contribution in [1.29, 1.82) is 0 Å². The molecule has 1 aliphatic rings. The lowest BCUT2D eigenvalue weighted by Gasteiger charge is -2.02. The van der Waals surface area contributed by atoms with Crippen LogP contribution in [0, 0.1) is 19.8 Å². The molecule has 1 fully saturated rings. The minimum atomic E-state index is 0.0677. The van der Waals surface area contributed by atoms with Gasteiger partial charge < -0.3 is 4.57 Å². The van der Waals surface area contributed by atoms with Crippen molar-refractivity contribution >= 4 is 27.5 Å². The minimum Gasteiger partial charge on any atom is -0.319 e. The van der Waals surface area contributed by atoms with E-state index in [-0.39, 0.29) is 11.8 Å². The average molecular weight is 288 g/mol. The first-order valence-electron chi connectivity index (χ1n) is 7.21. The van der Waals surface area contributed by atoms with E-state index < -0.39 is 0 Å². The molecule has 0 aliphatic heterocycles. The van der Waals surface area contributed by atoms with Gasteiger partial charge in [0.25, 0.3) is 5.91 Å². The van der Waals surface area contributed by atoms with Crippen molar-refractivity contribution in [2.75, 3.05) is 0 Å². The largest absolute Gasteiger partial charge is 0.319 e. The van der Waals surface area contributed by atoms with Crippen LogP contribution in [-0.4, -0.2) is 10.5 Å². The smallest absolute Gasteiger partial charge is 0.251 e. The summed E-state index contributed by atoms with van der Waals surface area (Å²) < 4.78 is 3.24. The maximum absolute atomic E-state index is 12.2. The number of hydrogen-bond donors (Lipinski definition) is 0. The summed E-state index contributed by atoms with van der Waals surface area (Å²) in [5, 5.41) is 0. The Kier molecular flexibility index (Phi) is 3.50. The molecule has 0 saturated heterocycles. The van der Waals surface area contributed by atoms with Crippen LogP contribution in [0.4, 0.5) is 0 Å². The number of benzene rings is 1. The molecule has 1 amide bonds. The summed E-state index contributed by atoms with van der Waals surface area (Å²) in [5.74, 6) is 0.224. The topological polar surface area (TPSA) is 34.4 Å². The zero-order chi connectivity index (χ0) is 14.3. The Morgan fingerprint density at radius 1 is 1.25 bits per heavy atom. The van der Waals surface area contributed by atoms with E-state index >= 15 is 0 Å². The number of carbonyl (C=O) groups excluding carboxylic acids is 1. The van der Waals surface area contributed by atoms with Crippen LogP contribution in [0.1, 0.15) is 36.8 Å². The molecule has 1 aromatic carbocycles. The number of rotatable bonds is 1. The highest BCUT2D eigenvalue weighted by Crippen LogP contribution is 2.26. The van der Waals surface area contributed by atoms with E-state index in [0.717, 1.165) is 23.2 Å². The van der Waals surface area contributed by atoms with Crippen LogP contribution in [0.15, 0.2) is 17.1 Å². The van der Waals surface area contributed by atoms with Gasteiger partial charge in [-0.25, -0.2) is 0 Å². The van der Waals surface area contributed by atoms with Crippen molar-refractivity contribution in [2.24, 2.45) is 18.0 Å². The van der Waals surface area contributed by atoms with Crippen molar-refractivity contribution < 1.29 is 4.79 Å². The summed E-state index contributed by atoms with van der Waals surface area (Å²) in [6.07, 6.45) is 4.36. The fourth-order valence-corrected chi connectivity index (χ4v) is 3.95. The first-order chi connectivity index (χ1) is 9.56. The fourth-order valence-electron chi connectivity index (χ4n) is 2.84. The minimum absolute atomic E-state index is 0.0677. The van der Waals surface area contributed by atoms with Crippen LogP contribution in [0.3, 0.4) is 0 Å². The molecule has 0 spiro atoms. The predicted molar refractivity (Wildman–Crippen MR) is 82.8 cm³/mol. The molecule has 0 N–H and O–H groups in total. The van der Waals surface area contributed by atoms with E-state index in [1.165, 1.54) is 28.7 Å². The van der Waals surface area contributed by atoms with Gasteiger partial charge in [-0.2, -0.15) is 4.99 Å². The van der Waals surface area contributed by atoms with Crippen molar-refractivity contribution in [2.45, 2.75) is 39.5 Å². The number of hydrogen-bond acceptors (Lipinski definition) is 2. The molecule has 1 saturated carbocycles. The van der Waals surface area contributed by atoms with Crippen LogP contribution in [0.5, 0.6) is 0 Å². The molecule has 1 aromatic heterocycles. The van der Waals surface area contributed by atoms with Gasteiger partial charge in [-0.3, -0.25) is 4.79 Å². The standard InChI is InChI=1S/C16H20N2OS/c1-10-8-13-14(9-11(10)2)20-16(18(13)3)17-15(19)12-6-4-5-7-12/h8-9,12H,4-7H2,1-3H3. The zero-order valence-electron chi connectivity index (χ0n) is 12.3. The van der Waals surface area contributed by atoms with Crippen LogP contribution >= 0.6 is 11.3 Å². The fraction of sp³-hybridized carbons (Fsp3) is 0.500. The number of thiazole rings is 1. The van der Waals surface area contributed by atoms with Crippen molar-refractivity contribution in [1.82, 2.24) is 4.57 Å². The molecule has 106 valence electrons. The first-order valence-corrected chi connectivity index (χ1v) is 8.03. The molecular formula is C16H20N2OS. The zero-order valence-corrected chi connectivity index (χ0v) is 13.1. The molecule has 0 unspecified atom stereocenters.